The Balaban J connectivity index is 2.50. The summed E-state index contributed by atoms with van der Waals surface area (Å²) in [5, 5.41) is 0.619. The highest BCUT2D eigenvalue weighted by Gasteiger charge is 2.16. The van der Waals surface area contributed by atoms with Gasteiger partial charge >= 0.3 is 0 Å². The van der Waals surface area contributed by atoms with Crippen LogP contribution in [0.25, 0.3) is 0 Å². The summed E-state index contributed by atoms with van der Waals surface area (Å²) in [6.45, 7) is -0.0222. The van der Waals surface area contributed by atoms with E-state index in [1.165, 1.54) is 17.7 Å². The molecule has 6 heteroatoms. The van der Waals surface area contributed by atoms with Gasteiger partial charge in [0.25, 0.3) is 5.56 Å². The molecule has 0 fully saturated rings. The highest BCUT2D eigenvalue weighted by molar-refractivity contribution is 14.1. The molecular weight excluding hydrogens is 417 g/mol. The number of pyridine rings is 1. The van der Waals surface area contributed by atoms with Crippen LogP contribution in [-0.4, -0.2) is 24.1 Å². The van der Waals surface area contributed by atoms with Gasteiger partial charge in [-0.1, -0.05) is 17.7 Å². The smallest absolute Gasteiger partial charge is 0.250 e. The lowest BCUT2D eigenvalue weighted by Gasteiger charge is -2.14. The number of ketones is 1. The topological polar surface area (TPSA) is 48.3 Å². The van der Waals surface area contributed by atoms with Crippen LogP contribution in [0.3, 0.4) is 0 Å². The number of hydrogen-bond acceptors (Lipinski definition) is 3. The third kappa shape index (κ3) is 3.77. The van der Waals surface area contributed by atoms with Crippen LogP contribution in [0.4, 0.5) is 0 Å². The Morgan fingerprint density at radius 2 is 2.05 bits per heavy atom. The lowest BCUT2D eigenvalue weighted by molar-refractivity contribution is 0.0846. The molecule has 1 heterocycles. The van der Waals surface area contributed by atoms with Gasteiger partial charge in [0.05, 0.1) is 0 Å². The van der Waals surface area contributed by atoms with Crippen molar-refractivity contribution in [2.45, 2.75) is 6.42 Å². The Morgan fingerprint density at radius 3 is 2.68 bits per heavy atom. The van der Waals surface area contributed by atoms with Crippen LogP contribution in [0.1, 0.15) is 21.6 Å². The number of aromatic nitrogens is 1. The molecule has 4 nitrogen and oxygen atoms in total. The Labute approximate surface area is 147 Å². The number of nitrogens with zero attached hydrogens (tertiary/aromatic N) is 1. The van der Waals surface area contributed by atoms with E-state index in [1.54, 1.807) is 13.1 Å². The van der Waals surface area contributed by atoms with Crippen molar-refractivity contribution in [3.05, 3.63) is 66.1 Å². The fraction of sp³-hybridized carbons (Fsp3) is 0.250. The first-order chi connectivity index (χ1) is 10.4. The highest BCUT2D eigenvalue weighted by Crippen LogP contribution is 2.23. The van der Waals surface area contributed by atoms with E-state index in [1.807, 2.05) is 18.2 Å². The van der Waals surface area contributed by atoms with Crippen molar-refractivity contribution in [2.75, 3.05) is 13.7 Å². The predicted octanol–water partition coefficient (Wildman–Crippen LogP) is 3.06. The van der Waals surface area contributed by atoms with E-state index in [9.17, 15) is 9.59 Å². The molecule has 0 N–H and O–H groups in total. The molecule has 0 aliphatic carbocycles. The standard InChI is InChI=1S/C16H15ClINO3/c1-19-14(7-10-3-4-11(18)8-13(10)17)12(5-6-16(19)21)15(20)9-22-2/h3-6,8H,7,9H2,1-2H3. The molecular formula is C16H15ClINO3. The lowest BCUT2D eigenvalue weighted by Crippen LogP contribution is -2.24. The van der Waals surface area contributed by atoms with E-state index in [0.717, 1.165) is 9.13 Å². The number of carbonyl (C=O) groups excluding carboxylic acids is 1. The van der Waals surface area contributed by atoms with Crippen LogP contribution in [0, 0.1) is 3.57 Å². The maximum Gasteiger partial charge on any atom is 0.250 e. The van der Waals surface area contributed by atoms with Crippen molar-refractivity contribution in [2.24, 2.45) is 7.05 Å². The summed E-state index contributed by atoms with van der Waals surface area (Å²) in [7, 11) is 3.12. The average Bonchev–Trinajstić information content (AvgIpc) is 2.46. The zero-order valence-corrected chi connectivity index (χ0v) is 15.1. The summed E-state index contributed by atoms with van der Waals surface area (Å²) in [4.78, 5) is 24.1. The van der Waals surface area contributed by atoms with Crippen LogP contribution in [-0.2, 0) is 18.2 Å². The van der Waals surface area contributed by atoms with Gasteiger partial charge in [-0.25, -0.2) is 0 Å². The Kier molecular flexibility index (Phi) is 5.77. The number of Topliss-reactive ketones (excluding diaryl/α,β-unsaturated/α-hetero) is 1. The van der Waals surface area contributed by atoms with Crippen molar-refractivity contribution in [3.8, 4) is 0 Å². The van der Waals surface area contributed by atoms with Crippen molar-refractivity contribution in [1.29, 1.82) is 0 Å². The summed E-state index contributed by atoms with van der Waals surface area (Å²) < 4.78 is 7.42. The maximum atomic E-state index is 12.2. The summed E-state index contributed by atoms with van der Waals surface area (Å²) in [6, 6.07) is 8.66. The van der Waals surface area contributed by atoms with Gasteiger partial charge in [0, 0.05) is 46.5 Å². The van der Waals surface area contributed by atoms with Crippen LogP contribution >= 0.6 is 34.2 Å². The number of ether oxygens (including phenoxy) is 1. The Bertz CT molecular complexity index is 770. The van der Waals surface area contributed by atoms with Gasteiger partial charge in [-0.3, -0.25) is 9.59 Å². The van der Waals surface area contributed by atoms with Crippen LogP contribution in [0.15, 0.2) is 35.1 Å². The van der Waals surface area contributed by atoms with E-state index in [-0.39, 0.29) is 17.9 Å². The summed E-state index contributed by atoms with van der Waals surface area (Å²) in [5.41, 5.74) is 1.83. The Morgan fingerprint density at radius 1 is 1.32 bits per heavy atom. The number of hydrogen-bond donors (Lipinski definition) is 0. The second-order valence-electron chi connectivity index (χ2n) is 4.86. The number of halogens is 2. The molecule has 0 unspecified atom stereocenters. The minimum absolute atomic E-state index is 0.0222. The van der Waals surface area contributed by atoms with Gasteiger partial charge in [0.2, 0.25) is 0 Å². The van der Waals surface area contributed by atoms with E-state index in [4.69, 9.17) is 16.3 Å². The van der Waals surface area contributed by atoms with Crippen molar-refractivity contribution in [1.82, 2.24) is 4.57 Å². The third-order valence-corrected chi connectivity index (χ3v) is 4.41. The molecule has 2 aromatic rings. The minimum atomic E-state index is -0.161. The second kappa shape index (κ2) is 7.39. The molecule has 0 saturated carbocycles. The SMILES string of the molecule is COCC(=O)c1ccc(=O)n(C)c1Cc1ccc(I)cc1Cl. The molecule has 22 heavy (non-hydrogen) atoms. The van der Waals surface area contributed by atoms with Crippen LogP contribution in [0.2, 0.25) is 5.02 Å². The molecule has 0 bridgehead atoms. The maximum absolute atomic E-state index is 12.2. The molecule has 0 aliphatic rings. The van der Waals surface area contributed by atoms with E-state index in [0.29, 0.717) is 22.7 Å². The summed E-state index contributed by atoms with van der Waals surface area (Å²) in [6.07, 6.45) is 0.410. The van der Waals surface area contributed by atoms with Gasteiger partial charge in [0.1, 0.15) is 6.61 Å². The predicted molar refractivity (Wildman–Crippen MR) is 94.9 cm³/mol. The van der Waals surface area contributed by atoms with Gasteiger partial charge in [-0.05, 0) is 46.4 Å². The van der Waals surface area contributed by atoms with Gasteiger partial charge in [0.15, 0.2) is 5.78 Å². The summed E-state index contributed by atoms with van der Waals surface area (Å²) >= 11 is 8.45. The zero-order chi connectivity index (χ0) is 16.3. The lowest BCUT2D eigenvalue weighted by atomic mass is 10.0. The molecule has 116 valence electrons. The number of methoxy groups -OCH3 is 1. The quantitative estimate of drug-likeness (QED) is 0.540. The second-order valence-corrected chi connectivity index (χ2v) is 6.51. The molecule has 0 saturated heterocycles. The molecule has 0 radical (unpaired) electrons. The molecule has 1 aromatic heterocycles. The van der Waals surface area contributed by atoms with E-state index < -0.39 is 0 Å². The molecule has 0 atom stereocenters. The van der Waals surface area contributed by atoms with Crippen molar-refractivity contribution < 1.29 is 9.53 Å². The number of carbonyl (C=O) groups is 1. The monoisotopic (exact) mass is 431 g/mol. The first-order valence-electron chi connectivity index (χ1n) is 6.59. The van der Waals surface area contributed by atoms with Gasteiger partial charge in [-0.15, -0.1) is 0 Å². The van der Waals surface area contributed by atoms with Crippen LogP contribution in [0.5, 0.6) is 0 Å². The molecule has 0 aliphatic heterocycles. The fourth-order valence-electron chi connectivity index (χ4n) is 2.20. The number of rotatable bonds is 5. The van der Waals surface area contributed by atoms with Crippen molar-refractivity contribution >= 4 is 40.0 Å². The van der Waals surface area contributed by atoms with Gasteiger partial charge in [-0.2, -0.15) is 0 Å². The highest BCUT2D eigenvalue weighted by atomic mass is 127. The number of benzene rings is 1. The van der Waals surface area contributed by atoms with E-state index >= 15 is 0 Å². The van der Waals surface area contributed by atoms with E-state index in [2.05, 4.69) is 22.6 Å². The van der Waals surface area contributed by atoms with Crippen molar-refractivity contribution in [3.63, 3.8) is 0 Å². The molecule has 0 amide bonds. The molecule has 2 rings (SSSR count). The van der Waals surface area contributed by atoms with Crippen LogP contribution < -0.4 is 5.56 Å². The van der Waals surface area contributed by atoms with Gasteiger partial charge < -0.3 is 9.30 Å². The molecule has 1 aromatic carbocycles. The average molecular weight is 432 g/mol. The largest absolute Gasteiger partial charge is 0.377 e. The minimum Gasteiger partial charge on any atom is -0.377 e. The normalized spacial score (nSPS) is 10.7. The molecule has 0 spiro atoms. The Hall–Kier alpha value is -1.18. The first kappa shape index (κ1) is 17.2. The third-order valence-electron chi connectivity index (χ3n) is 3.39. The zero-order valence-electron chi connectivity index (χ0n) is 12.2. The first-order valence-corrected chi connectivity index (χ1v) is 8.04. The fourth-order valence-corrected chi connectivity index (χ4v) is 3.12. The summed E-state index contributed by atoms with van der Waals surface area (Å²) in [5.74, 6) is -0.158.